The van der Waals surface area contributed by atoms with Crippen LogP contribution in [0, 0.1) is 6.92 Å². The molecule has 2 aromatic heterocycles. The maximum Gasteiger partial charge on any atom is 0.348 e. The summed E-state index contributed by atoms with van der Waals surface area (Å²) in [6.07, 6.45) is 1.44. The molecule has 0 aliphatic rings. The number of hydrogen-bond donors (Lipinski definition) is 1. The van der Waals surface area contributed by atoms with Gasteiger partial charge in [-0.25, -0.2) is 14.8 Å². The van der Waals surface area contributed by atoms with Crippen molar-refractivity contribution < 1.29 is 9.53 Å². The van der Waals surface area contributed by atoms with Crippen LogP contribution < -0.4 is 5.32 Å². The number of aromatic nitrogens is 2. The van der Waals surface area contributed by atoms with E-state index in [1.165, 1.54) is 17.7 Å². The number of aryl methyl sites for hydroxylation is 1. The van der Waals surface area contributed by atoms with Crippen LogP contribution in [-0.2, 0) is 4.74 Å². The third-order valence-corrected chi connectivity index (χ3v) is 5.39. The van der Waals surface area contributed by atoms with E-state index in [1.807, 2.05) is 6.92 Å². The summed E-state index contributed by atoms with van der Waals surface area (Å²) in [7, 11) is 0. The molecule has 0 atom stereocenters. The summed E-state index contributed by atoms with van der Waals surface area (Å²) in [5.41, 5.74) is 1.40. The van der Waals surface area contributed by atoms with Crippen LogP contribution in [0.4, 0.5) is 11.5 Å². The summed E-state index contributed by atoms with van der Waals surface area (Å²) in [5, 5.41) is 4.79. The second kappa shape index (κ2) is 6.93. The van der Waals surface area contributed by atoms with E-state index in [-0.39, 0.29) is 5.97 Å². The quantitative estimate of drug-likeness (QED) is 0.627. The number of carbonyl (C=O) groups is 1. The van der Waals surface area contributed by atoms with Crippen molar-refractivity contribution in [2.75, 3.05) is 11.9 Å². The summed E-state index contributed by atoms with van der Waals surface area (Å²) < 4.78 is 5.10. The lowest BCUT2D eigenvalue weighted by Crippen LogP contribution is -2.03. The zero-order chi connectivity index (χ0) is 17.3. The van der Waals surface area contributed by atoms with Crippen LogP contribution >= 0.6 is 34.5 Å². The molecule has 0 radical (unpaired) electrons. The first kappa shape index (κ1) is 17.0. The van der Waals surface area contributed by atoms with Gasteiger partial charge in [-0.2, -0.15) is 0 Å². The number of fused-ring (bicyclic) bond motifs is 1. The first-order valence-electron chi connectivity index (χ1n) is 7.15. The smallest absolute Gasteiger partial charge is 0.348 e. The Hall–Kier alpha value is -1.89. The van der Waals surface area contributed by atoms with E-state index >= 15 is 0 Å². The first-order valence-corrected chi connectivity index (χ1v) is 8.72. The van der Waals surface area contributed by atoms with Gasteiger partial charge in [0.1, 0.15) is 21.9 Å². The summed E-state index contributed by atoms with van der Waals surface area (Å²) >= 11 is 13.5. The lowest BCUT2D eigenvalue weighted by atomic mass is 10.2. The minimum atomic E-state index is -0.357. The summed E-state index contributed by atoms with van der Waals surface area (Å²) in [5.74, 6) is 0.207. The molecule has 1 N–H and O–H groups in total. The van der Waals surface area contributed by atoms with Crippen LogP contribution in [0.2, 0.25) is 10.0 Å². The molecule has 0 spiro atoms. The fourth-order valence-corrected chi connectivity index (χ4v) is 3.68. The molecule has 0 aliphatic carbocycles. The van der Waals surface area contributed by atoms with Crippen LogP contribution in [0.5, 0.6) is 0 Å². The van der Waals surface area contributed by atoms with Crippen molar-refractivity contribution in [1.29, 1.82) is 0 Å². The summed E-state index contributed by atoms with van der Waals surface area (Å²) in [4.78, 5) is 21.8. The van der Waals surface area contributed by atoms with Crippen LogP contribution in [-0.4, -0.2) is 22.5 Å². The van der Waals surface area contributed by atoms with Gasteiger partial charge in [-0.05, 0) is 31.5 Å². The van der Waals surface area contributed by atoms with Gasteiger partial charge in [0.2, 0.25) is 0 Å². The number of benzene rings is 1. The third kappa shape index (κ3) is 3.05. The van der Waals surface area contributed by atoms with Crippen LogP contribution in [0.25, 0.3) is 10.2 Å². The monoisotopic (exact) mass is 381 g/mol. The number of rotatable bonds is 4. The summed E-state index contributed by atoms with van der Waals surface area (Å²) in [6.45, 7) is 3.94. The molecule has 5 nitrogen and oxygen atoms in total. The van der Waals surface area contributed by atoms with Crippen molar-refractivity contribution >= 4 is 62.2 Å². The van der Waals surface area contributed by atoms with Crippen molar-refractivity contribution in [2.24, 2.45) is 0 Å². The Bertz CT molecular complexity index is 927. The molecule has 0 saturated carbocycles. The molecule has 0 amide bonds. The topological polar surface area (TPSA) is 64.1 Å². The predicted molar refractivity (Wildman–Crippen MR) is 97.9 cm³/mol. The van der Waals surface area contributed by atoms with E-state index in [0.29, 0.717) is 37.9 Å². The number of esters is 1. The van der Waals surface area contributed by atoms with E-state index < -0.39 is 0 Å². The standard InChI is InChI=1S/C16H13Cl2N3O2S/c1-3-23-16(22)13-8(2)11-14(19-7-20-15(11)24-13)21-10-6-4-5-9(17)12(10)18/h4-7H,3H2,1-2H3,(H,19,20,21). The van der Waals surface area contributed by atoms with Gasteiger partial charge in [0.25, 0.3) is 0 Å². The molecule has 2 heterocycles. The van der Waals surface area contributed by atoms with E-state index in [4.69, 9.17) is 27.9 Å². The van der Waals surface area contributed by atoms with Gasteiger partial charge in [-0.3, -0.25) is 0 Å². The second-order valence-corrected chi connectivity index (χ2v) is 6.69. The number of hydrogen-bond acceptors (Lipinski definition) is 6. The molecule has 0 fully saturated rings. The molecular weight excluding hydrogens is 369 g/mol. The number of carbonyl (C=O) groups excluding carboxylic acids is 1. The number of nitrogens with one attached hydrogen (secondary N) is 1. The molecule has 0 saturated heterocycles. The lowest BCUT2D eigenvalue weighted by molar-refractivity contribution is 0.0531. The largest absolute Gasteiger partial charge is 0.462 e. The zero-order valence-corrected chi connectivity index (χ0v) is 15.2. The first-order chi connectivity index (χ1) is 11.5. The fraction of sp³-hybridized carbons (Fsp3) is 0.188. The van der Waals surface area contributed by atoms with Gasteiger partial charge in [-0.15, -0.1) is 11.3 Å². The highest BCUT2D eigenvalue weighted by molar-refractivity contribution is 7.20. The van der Waals surface area contributed by atoms with Gasteiger partial charge in [0.05, 0.1) is 27.7 Å². The second-order valence-electron chi connectivity index (χ2n) is 4.91. The maximum atomic E-state index is 12.1. The number of thiophene rings is 1. The van der Waals surface area contributed by atoms with E-state index in [9.17, 15) is 4.79 Å². The fourth-order valence-electron chi connectivity index (χ4n) is 2.29. The van der Waals surface area contributed by atoms with Crippen molar-refractivity contribution in [3.63, 3.8) is 0 Å². The minimum absolute atomic E-state index is 0.321. The normalized spacial score (nSPS) is 10.8. The maximum absolute atomic E-state index is 12.1. The Kier molecular flexibility index (Phi) is 4.89. The molecular formula is C16H13Cl2N3O2S. The van der Waals surface area contributed by atoms with Crippen LogP contribution in [0.3, 0.4) is 0 Å². The minimum Gasteiger partial charge on any atom is -0.462 e. The summed E-state index contributed by atoms with van der Waals surface area (Å²) in [6, 6.07) is 5.30. The molecule has 124 valence electrons. The Morgan fingerprint density at radius 2 is 2.12 bits per heavy atom. The third-order valence-electron chi connectivity index (χ3n) is 3.39. The van der Waals surface area contributed by atoms with E-state index in [2.05, 4.69) is 15.3 Å². The molecule has 3 aromatic rings. The molecule has 8 heteroatoms. The van der Waals surface area contributed by atoms with E-state index in [1.54, 1.807) is 25.1 Å². The van der Waals surface area contributed by atoms with Crippen molar-refractivity contribution in [2.45, 2.75) is 13.8 Å². The predicted octanol–water partition coefficient (Wildman–Crippen LogP) is 5.23. The SMILES string of the molecule is CCOC(=O)c1sc2ncnc(Nc3cccc(Cl)c3Cl)c2c1C. The Morgan fingerprint density at radius 1 is 1.33 bits per heavy atom. The number of nitrogens with zero attached hydrogens (tertiary/aromatic N) is 2. The van der Waals surface area contributed by atoms with E-state index in [0.717, 1.165) is 10.9 Å². The van der Waals surface area contributed by atoms with Crippen LogP contribution in [0.1, 0.15) is 22.2 Å². The molecule has 0 unspecified atom stereocenters. The molecule has 1 aromatic carbocycles. The zero-order valence-electron chi connectivity index (χ0n) is 12.9. The molecule has 0 bridgehead atoms. The highest BCUT2D eigenvalue weighted by Crippen LogP contribution is 2.37. The average molecular weight is 382 g/mol. The Labute approximate surface area is 152 Å². The lowest BCUT2D eigenvalue weighted by Gasteiger charge is -2.09. The highest BCUT2D eigenvalue weighted by atomic mass is 35.5. The highest BCUT2D eigenvalue weighted by Gasteiger charge is 2.20. The van der Waals surface area contributed by atoms with Gasteiger partial charge < -0.3 is 10.1 Å². The Balaban J connectivity index is 2.09. The van der Waals surface area contributed by atoms with Gasteiger partial charge in [0.15, 0.2) is 0 Å². The van der Waals surface area contributed by atoms with Crippen molar-refractivity contribution in [3.05, 3.63) is 45.0 Å². The van der Waals surface area contributed by atoms with Gasteiger partial charge in [0, 0.05) is 0 Å². The average Bonchev–Trinajstić information content (AvgIpc) is 2.90. The molecule has 24 heavy (non-hydrogen) atoms. The Morgan fingerprint density at radius 3 is 2.88 bits per heavy atom. The number of halogens is 2. The number of ether oxygens (including phenoxy) is 1. The van der Waals surface area contributed by atoms with Crippen molar-refractivity contribution in [1.82, 2.24) is 9.97 Å². The van der Waals surface area contributed by atoms with Crippen LogP contribution in [0.15, 0.2) is 24.5 Å². The number of anilines is 2. The van der Waals surface area contributed by atoms with Crippen molar-refractivity contribution in [3.8, 4) is 0 Å². The molecule has 3 rings (SSSR count). The van der Waals surface area contributed by atoms with Gasteiger partial charge >= 0.3 is 5.97 Å². The van der Waals surface area contributed by atoms with Gasteiger partial charge in [-0.1, -0.05) is 29.3 Å². The molecule has 0 aliphatic heterocycles.